The van der Waals surface area contributed by atoms with E-state index < -0.39 is 0 Å². The molecule has 3 aromatic rings. The van der Waals surface area contributed by atoms with Crippen molar-refractivity contribution in [2.24, 2.45) is 5.10 Å². The molecule has 2 aromatic carbocycles. The van der Waals surface area contributed by atoms with Crippen LogP contribution in [-0.2, 0) is 11.2 Å². The Kier molecular flexibility index (Phi) is 3.20. The van der Waals surface area contributed by atoms with Crippen molar-refractivity contribution < 1.29 is 9.21 Å². The molecule has 1 aliphatic heterocycles. The van der Waals surface area contributed by atoms with Gasteiger partial charge >= 0.3 is 0 Å². The Balaban J connectivity index is 1.97. The van der Waals surface area contributed by atoms with Crippen molar-refractivity contribution in [3.8, 4) is 0 Å². The Morgan fingerprint density at radius 3 is 2.74 bits per heavy atom. The van der Waals surface area contributed by atoms with Crippen molar-refractivity contribution in [2.45, 2.75) is 13.3 Å². The van der Waals surface area contributed by atoms with E-state index in [1.165, 1.54) is 0 Å². The molecule has 0 fully saturated rings. The van der Waals surface area contributed by atoms with Crippen LogP contribution in [-0.4, -0.2) is 11.6 Å². The zero-order chi connectivity index (χ0) is 16.0. The maximum absolute atomic E-state index is 12.0. The molecular weight excluding hydrogens is 312 g/mol. The average molecular weight is 325 g/mol. The SMILES string of the molecule is Cc1ccc2c3c(oc2c1)C(c1ccc(Cl)cc1)=NNC(=O)C3. The van der Waals surface area contributed by atoms with Crippen molar-refractivity contribution in [2.75, 3.05) is 0 Å². The third-order valence-electron chi connectivity index (χ3n) is 3.91. The summed E-state index contributed by atoms with van der Waals surface area (Å²) in [6.07, 6.45) is 0.242. The number of benzene rings is 2. The molecule has 1 aromatic heterocycles. The Morgan fingerprint density at radius 2 is 1.96 bits per heavy atom. The minimum atomic E-state index is -0.154. The second kappa shape index (κ2) is 5.25. The van der Waals surface area contributed by atoms with E-state index in [-0.39, 0.29) is 12.3 Å². The Morgan fingerprint density at radius 1 is 1.17 bits per heavy atom. The van der Waals surface area contributed by atoms with Crippen LogP contribution in [0.3, 0.4) is 0 Å². The first-order valence-electron chi connectivity index (χ1n) is 7.27. The van der Waals surface area contributed by atoms with Gasteiger partial charge in [-0.1, -0.05) is 35.9 Å². The highest BCUT2D eigenvalue weighted by molar-refractivity contribution is 6.30. The van der Waals surface area contributed by atoms with Gasteiger partial charge in [0, 0.05) is 21.5 Å². The zero-order valence-corrected chi connectivity index (χ0v) is 13.1. The van der Waals surface area contributed by atoms with Gasteiger partial charge in [0.15, 0.2) is 5.76 Å². The smallest absolute Gasteiger partial charge is 0.244 e. The van der Waals surface area contributed by atoms with Crippen LogP contribution >= 0.6 is 11.6 Å². The van der Waals surface area contributed by atoms with Crippen LogP contribution in [0, 0.1) is 6.92 Å². The van der Waals surface area contributed by atoms with Gasteiger partial charge in [-0.2, -0.15) is 5.10 Å². The molecule has 0 aliphatic carbocycles. The van der Waals surface area contributed by atoms with E-state index in [9.17, 15) is 4.79 Å². The molecule has 0 saturated heterocycles. The fourth-order valence-electron chi connectivity index (χ4n) is 2.80. The van der Waals surface area contributed by atoms with E-state index in [1.54, 1.807) is 12.1 Å². The molecule has 4 rings (SSSR count). The summed E-state index contributed by atoms with van der Waals surface area (Å²) >= 11 is 5.95. The summed E-state index contributed by atoms with van der Waals surface area (Å²) in [6.45, 7) is 2.01. The number of halogens is 1. The molecule has 0 saturated carbocycles. The molecule has 0 atom stereocenters. The molecule has 1 N–H and O–H groups in total. The van der Waals surface area contributed by atoms with Crippen LogP contribution in [0.5, 0.6) is 0 Å². The molecule has 2 heterocycles. The zero-order valence-electron chi connectivity index (χ0n) is 12.4. The lowest BCUT2D eigenvalue weighted by Gasteiger charge is -2.03. The van der Waals surface area contributed by atoms with E-state index in [0.29, 0.717) is 16.5 Å². The quantitative estimate of drug-likeness (QED) is 0.740. The number of nitrogens with zero attached hydrogens (tertiary/aromatic N) is 1. The predicted molar refractivity (Wildman–Crippen MR) is 89.9 cm³/mol. The number of hydrazone groups is 1. The molecule has 0 radical (unpaired) electrons. The molecule has 1 amide bonds. The van der Waals surface area contributed by atoms with E-state index in [1.807, 2.05) is 37.3 Å². The van der Waals surface area contributed by atoms with Crippen LogP contribution < -0.4 is 5.43 Å². The highest BCUT2D eigenvalue weighted by Gasteiger charge is 2.25. The van der Waals surface area contributed by atoms with Crippen LogP contribution in [0.4, 0.5) is 0 Å². The number of hydrogen-bond donors (Lipinski definition) is 1. The number of hydrogen-bond acceptors (Lipinski definition) is 3. The molecule has 23 heavy (non-hydrogen) atoms. The molecule has 0 bridgehead atoms. The van der Waals surface area contributed by atoms with Gasteiger partial charge in [0.1, 0.15) is 11.3 Å². The lowest BCUT2D eigenvalue weighted by Crippen LogP contribution is -2.18. The lowest BCUT2D eigenvalue weighted by atomic mass is 10.0. The minimum absolute atomic E-state index is 0.154. The number of carbonyl (C=O) groups is 1. The predicted octanol–water partition coefficient (Wildman–Crippen LogP) is 3.82. The third kappa shape index (κ3) is 2.41. The fourth-order valence-corrected chi connectivity index (χ4v) is 2.92. The van der Waals surface area contributed by atoms with Crippen LogP contribution in [0.25, 0.3) is 11.0 Å². The number of aryl methyl sites for hydroxylation is 1. The van der Waals surface area contributed by atoms with Crippen molar-refractivity contribution in [1.82, 2.24) is 5.43 Å². The highest BCUT2D eigenvalue weighted by atomic mass is 35.5. The van der Waals surface area contributed by atoms with Crippen molar-refractivity contribution in [3.05, 3.63) is 69.9 Å². The van der Waals surface area contributed by atoms with E-state index in [0.717, 1.165) is 27.7 Å². The van der Waals surface area contributed by atoms with Crippen molar-refractivity contribution in [1.29, 1.82) is 0 Å². The van der Waals surface area contributed by atoms with Gasteiger partial charge in [-0.3, -0.25) is 4.79 Å². The molecule has 0 unspecified atom stereocenters. The summed E-state index contributed by atoms with van der Waals surface area (Å²) in [7, 11) is 0. The van der Waals surface area contributed by atoms with Gasteiger partial charge in [-0.05, 0) is 30.7 Å². The highest BCUT2D eigenvalue weighted by Crippen LogP contribution is 2.30. The number of furan rings is 1. The molecule has 4 nitrogen and oxygen atoms in total. The Hall–Kier alpha value is -2.59. The lowest BCUT2D eigenvalue weighted by molar-refractivity contribution is -0.120. The molecular formula is C18H13ClN2O2. The number of fused-ring (bicyclic) bond motifs is 3. The van der Waals surface area contributed by atoms with E-state index in [2.05, 4.69) is 10.5 Å². The van der Waals surface area contributed by atoms with E-state index >= 15 is 0 Å². The summed E-state index contributed by atoms with van der Waals surface area (Å²) < 4.78 is 6.04. The first-order valence-corrected chi connectivity index (χ1v) is 7.64. The topological polar surface area (TPSA) is 54.6 Å². The average Bonchev–Trinajstić information content (AvgIpc) is 2.78. The second-order valence-corrected chi connectivity index (χ2v) is 6.02. The molecule has 1 aliphatic rings. The minimum Gasteiger partial charge on any atom is -0.454 e. The van der Waals surface area contributed by atoms with Gasteiger partial charge < -0.3 is 4.42 Å². The van der Waals surface area contributed by atoms with Gasteiger partial charge in [0.2, 0.25) is 5.91 Å². The number of carbonyl (C=O) groups excluding carboxylic acids is 1. The van der Waals surface area contributed by atoms with Crippen LogP contribution in [0.15, 0.2) is 52.0 Å². The van der Waals surface area contributed by atoms with Gasteiger partial charge in [0.25, 0.3) is 0 Å². The fraction of sp³-hybridized carbons (Fsp3) is 0.111. The van der Waals surface area contributed by atoms with Gasteiger partial charge in [0.05, 0.1) is 6.42 Å². The van der Waals surface area contributed by atoms with Crippen LogP contribution in [0.2, 0.25) is 5.02 Å². The normalized spacial score (nSPS) is 14.2. The number of rotatable bonds is 1. The first kappa shape index (κ1) is 14.0. The maximum atomic E-state index is 12.0. The van der Waals surface area contributed by atoms with E-state index in [4.69, 9.17) is 16.0 Å². The molecule has 114 valence electrons. The molecule has 0 spiro atoms. The third-order valence-corrected chi connectivity index (χ3v) is 4.16. The first-order chi connectivity index (χ1) is 11.1. The maximum Gasteiger partial charge on any atom is 0.244 e. The Labute approximate surface area is 137 Å². The standard InChI is InChI=1S/C18H13ClN2O2/c1-10-2-7-13-14-9-16(22)20-21-17(18(14)23-15(13)8-10)11-3-5-12(19)6-4-11/h2-8H,9H2,1H3,(H,20,22). The summed E-state index contributed by atoms with van der Waals surface area (Å²) in [4.78, 5) is 12.0. The summed E-state index contributed by atoms with van der Waals surface area (Å²) in [5, 5.41) is 5.84. The molecule has 5 heteroatoms. The monoisotopic (exact) mass is 324 g/mol. The van der Waals surface area contributed by atoms with Gasteiger partial charge in [-0.15, -0.1) is 0 Å². The summed E-state index contributed by atoms with van der Waals surface area (Å²) in [6, 6.07) is 13.3. The number of amides is 1. The summed E-state index contributed by atoms with van der Waals surface area (Å²) in [5.74, 6) is 0.477. The summed E-state index contributed by atoms with van der Waals surface area (Å²) in [5.41, 5.74) is 6.76. The van der Waals surface area contributed by atoms with Crippen molar-refractivity contribution >= 4 is 34.2 Å². The number of nitrogens with one attached hydrogen (secondary N) is 1. The largest absolute Gasteiger partial charge is 0.454 e. The van der Waals surface area contributed by atoms with Crippen LogP contribution in [0.1, 0.15) is 22.5 Å². The Bertz CT molecular complexity index is 955. The second-order valence-electron chi connectivity index (χ2n) is 5.59. The van der Waals surface area contributed by atoms with Crippen molar-refractivity contribution in [3.63, 3.8) is 0 Å². The van der Waals surface area contributed by atoms with Gasteiger partial charge in [-0.25, -0.2) is 5.43 Å².